The molecule has 0 aliphatic rings. The van der Waals surface area contributed by atoms with E-state index in [0.29, 0.717) is 6.54 Å². The molecule has 0 bridgehead atoms. The Morgan fingerprint density at radius 3 is 2.56 bits per heavy atom. The van der Waals surface area contributed by atoms with Gasteiger partial charge in [0.2, 0.25) is 0 Å². The monoisotopic (exact) mass is 250 g/mol. The smallest absolute Gasteiger partial charge is 0.317 e. The van der Waals surface area contributed by atoms with Gasteiger partial charge in [0, 0.05) is 39.9 Å². The summed E-state index contributed by atoms with van der Waals surface area (Å²) in [5.74, 6) is 0.893. The third-order valence-electron chi connectivity index (χ3n) is 2.76. The van der Waals surface area contributed by atoms with Gasteiger partial charge in [-0.1, -0.05) is 0 Å². The van der Waals surface area contributed by atoms with E-state index in [9.17, 15) is 4.79 Å². The number of nitrogens with one attached hydrogen (secondary N) is 1. The van der Waals surface area contributed by atoms with Gasteiger partial charge in [-0.05, 0) is 31.5 Å². The van der Waals surface area contributed by atoms with Crippen LogP contribution in [0, 0.1) is 0 Å². The van der Waals surface area contributed by atoms with E-state index in [0.717, 1.165) is 24.5 Å². The predicted molar refractivity (Wildman–Crippen MR) is 73.7 cm³/mol. The number of aromatic nitrogens is 1. The van der Waals surface area contributed by atoms with Gasteiger partial charge in [0.1, 0.15) is 5.82 Å². The number of hydrogen-bond donors (Lipinski definition) is 1. The van der Waals surface area contributed by atoms with Crippen molar-refractivity contribution < 1.29 is 4.79 Å². The summed E-state index contributed by atoms with van der Waals surface area (Å²) in [7, 11) is 3.89. The molecule has 0 spiro atoms. The largest absolute Gasteiger partial charge is 0.363 e. The second kappa shape index (κ2) is 6.83. The molecular formula is C13H22N4O. The number of carbonyl (C=O) groups excluding carboxylic acids is 1. The molecule has 0 radical (unpaired) electrons. The van der Waals surface area contributed by atoms with E-state index < -0.39 is 0 Å². The Balaban J connectivity index is 2.58. The molecule has 0 saturated carbocycles. The summed E-state index contributed by atoms with van der Waals surface area (Å²) in [6.07, 6.45) is 1.76. The molecule has 5 heteroatoms. The summed E-state index contributed by atoms with van der Waals surface area (Å²) in [6, 6.07) is 3.86. The van der Waals surface area contributed by atoms with Crippen molar-refractivity contribution in [1.82, 2.24) is 15.2 Å². The zero-order chi connectivity index (χ0) is 13.5. The lowest BCUT2D eigenvalue weighted by Gasteiger charge is -2.19. The van der Waals surface area contributed by atoms with Crippen LogP contribution in [0.2, 0.25) is 0 Å². The second-order valence-electron chi connectivity index (χ2n) is 4.25. The van der Waals surface area contributed by atoms with Gasteiger partial charge in [-0.25, -0.2) is 9.78 Å². The summed E-state index contributed by atoms with van der Waals surface area (Å²) in [6.45, 7) is 5.92. The van der Waals surface area contributed by atoms with Gasteiger partial charge in [-0.3, -0.25) is 0 Å². The SMILES string of the molecule is CCN(CC)C(=O)NCc1ccnc(N(C)C)c1. The minimum absolute atomic E-state index is 0.0248. The molecule has 5 nitrogen and oxygen atoms in total. The fourth-order valence-corrected chi connectivity index (χ4v) is 1.62. The number of pyridine rings is 1. The second-order valence-corrected chi connectivity index (χ2v) is 4.25. The third kappa shape index (κ3) is 3.91. The van der Waals surface area contributed by atoms with Crippen LogP contribution in [0.3, 0.4) is 0 Å². The lowest BCUT2D eigenvalue weighted by atomic mass is 10.2. The first kappa shape index (κ1) is 14.3. The number of anilines is 1. The Hall–Kier alpha value is -1.78. The molecule has 0 aliphatic heterocycles. The maximum Gasteiger partial charge on any atom is 0.317 e. The van der Waals surface area contributed by atoms with Crippen LogP contribution in [0.1, 0.15) is 19.4 Å². The number of amides is 2. The van der Waals surface area contributed by atoms with Gasteiger partial charge in [0.25, 0.3) is 0 Å². The van der Waals surface area contributed by atoms with Crippen molar-refractivity contribution in [2.75, 3.05) is 32.1 Å². The van der Waals surface area contributed by atoms with Crippen LogP contribution in [-0.4, -0.2) is 43.1 Å². The van der Waals surface area contributed by atoms with E-state index in [1.807, 2.05) is 45.0 Å². The molecule has 0 saturated heterocycles. The first-order valence-corrected chi connectivity index (χ1v) is 6.23. The highest BCUT2D eigenvalue weighted by Crippen LogP contribution is 2.09. The Morgan fingerprint density at radius 1 is 1.33 bits per heavy atom. The van der Waals surface area contributed by atoms with Gasteiger partial charge >= 0.3 is 6.03 Å². The summed E-state index contributed by atoms with van der Waals surface area (Å²) in [4.78, 5) is 19.7. The molecule has 1 heterocycles. The van der Waals surface area contributed by atoms with E-state index in [-0.39, 0.29) is 6.03 Å². The fraction of sp³-hybridized carbons (Fsp3) is 0.538. The number of hydrogen-bond acceptors (Lipinski definition) is 3. The molecular weight excluding hydrogens is 228 g/mol. The standard InChI is InChI=1S/C13H22N4O/c1-5-17(6-2)13(18)15-10-11-7-8-14-12(9-11)16(3)4/h7-9H,5-6,10H2,1-4H3,(H,15,18). The number of urea groups is 1. The third-order valence-corrected chi connectivity index (χ3v) is 2.76. The Labute approximate surface area is 109 Å². The average molecular weight is 250 g/mol. The van der Waals surface area contributed by atoms with Crippen molar-refractivity contribution in [2.24, 2.45) is 0 Å². The maximum atomic E-state index is 11.8. The molecule has 2 amide bonds. The van der Waals surface area contributed by atoms with E-state index in [1.54, 1.807) is 11.1 Å². The van der Waals surface area contributed by atoms with E-state index in [4.69, 9.17) is 0 Å². The van der Waals surface area contributed by atoms with E-state index in [1.165, 1.54) is 0 Å². The Bertz CT molecular complexity index is 388. The van der Waals surface area contributed by atoms with Crippen molar-refractivity contribution in [2.45, 2.75) is 20.4 Å². The Morgan fingerprint density at radius 2 is 2.00 bits per heavy atom. The highest BCUT2D eigenvalue weighted by atomic mass is 16.2. The molecule has 100 valence electrons. The quantitative estimate of drug-likeness (QED) is 0.865. The highest BCUT2D eigenvalue weighted by molar-refractivity contribution is 5.74. The van der Waals surface area contributed by atoms with Crippen LogP contribution in [0.4, 0.5) is 10.6 Å². The topological polar surface area (TPSA) is 48.5 Å². The zero-order valence-corrected chi connectivity index (χ0v) is 11.6. The lowest BCUT2D eigenvalue weighted by Crippen LogP contribution is -2.39. The summed E-state index contributed by atoms with van der Waals surface area (Å²) in [5.41, 5.74) is 1.05. The fourth-order valence-electron chi connectivity index (χ4n) is 1.62. The van der Waals surface area contributed by atoms with Crippen LogP contribution >= 0.6 is 0 Å². The van der Waals surface area contributed by atoms with Crippen molar-refractivity contribution >= 4 is 11.8 Å². The van der Waals surface area contributed by atoms with Crippen molar-refractivity contribution in [3.63, 3.8) is 0 Å². The van der Waals surface area contributed by atoms with Crippen LogP contribution < -0.4 is 10.2 Å². The lowest BCUT2D eigenvalue weighted by molar-refractivity contribution is 0.203. The van der Waals surface area contributed by atoms with E-state index >= 15 is 0 Å². The summed E-state index contributed by atoms with van der Waals surface area (Å²) >= 11 is 0. The van der Waals surface area contributed by atoms with Gasteiger partial charge in [-0.2, -0.15) is 0 Å². The predicted octanol–water partition coefficient (Wildman–Crippen LogP) is 1.70. The van der Waals surface area contributed by atoms with Crippen molar-refractivity contribution in [1.29, 1.82) is 0 Å². The summed E-state index contributed by atoms with van der Waals surface area (Å²) < 4.78 is 0. The molecule has 0 aromatic carbocycles. The first-order valence-electron chi connectivity index (χ1n) is 6.23. The minimum Gasteiger partial charge on any atom is -0.363 e. The molecule has 1 N–H and O–H groups in total. The van der Waals surface area contributed by atoms with Crippen LogP contribution in [0.5, 0.6) is 0 Å². The Kier molecular flexibility index (Phi) is 5.42. The highest BCUT2D eigenvalue weighted by Gasteiger charge is 2.08. The van der Waals surface area contributed by atoms with Crippen molar-refractivity contribution in [3.8, 4) is 0 Å². The number of rotatable bonds is 5. The molecule has 1 aromatic heterocycles. The van der Waals surface area contributed by atoms with Crippen LogP contribution in [-0.2, 0) is 6.54 Å². The van der Waals surface area contributed by atoms with Gasteiger partial charge in [-0.15, -0.1) is 0 Å². The van der Waals surface area contributed by atoms with Gasteiger partial charge in [0.05, 0.1) is 0 Å². The number of carbonyl (C=O) groups is 1. The molecule has 0 fully saturated rings. The van der Waals surface area contributed by atoms with Crippen molar-refractivity contribution in [3.05, 3.63) is 23.9 Å². The van der Waals surface area contributed by atoms with Gasteiger partial charge < -0.3 is 15.1 Å². The van der Waals surface area contributed by atoms with Crippen LogP contribution in [0.15, 0.2) is 18.3 Å². The maximum absolute atomic E-state index is 11.8. The molecule has 1 aromatic rings. The van der Waals surface area contributed by atoms with E-state index in [2.05, 4.69) is 10.3 Å². The van der Waals surface area contributed by atoms with Gasteiger partial charge in [0.15, 0.2) is 0 Å². The molecule has 0 unspecified atom stereocenters. The normalized spacial score (nSPS) is 10.0. The molecule has 18 heavy (non-hydrogen) atoms. The molecule has 0 atom stereocenters. The number of nitrogens with zero attached hydrogens (tertiary/aromatic N) is 3. The van der Waals surface area contributed by atoms with Crippen LogP contribution in [0.25, 0.3) is 0 Å². The zero-order valence-electron chi connectivity index (χ0n) is 11.6. The molecule has 0 aliphatic carbocycles. The minimum atomic E-state index is -0.0248. The average Bonchev–Trinajstić information content (AvgIpc) is 2.38. The first-order chi connectivity index (χ1) is 8.58. The molecule has 1 rings (SSSR count). The summed E-state index contributed by atoms with van der Waals surface area (Å²) in [5, 5.41) is 2.91.